The molecule has 1 fully saturated rings. The smallest absolute Gasteiger partial charge is 0.308 e. The lowest BCUT2D eigenvalue weighted by atomic mass is 9.79. The molecule has 3 aromatic carbocycles. The summed E-state index contributed by atoms with van der Waals surface area (Å²) in [6, 6.07) is 23.0. The number of benzene rings is 3. The summed E-state index contributed by atoms with van der Waals surface area (Å²) in [6.07, 6.45) is 5.45. The fourth-order valence-electron chi connectivity index (χ4n) is 5.31. The van der Waals surface area contributed by atoms with Crippen LogP contribution in [0.1, 0.15) is 59.7 Å². The van der Waals surface area contributed by atoms with Crippen LogP contribution in [0.15, 0.2) is 72.8 Å². The lowest BCUT2D eigenvalue weighted by molar-refractivity contribution is -0.131. The fraction of sp³-hybridized carbons (Fsp3) is 0.312. The van der Waals surface area contributed by atoms with Crippen molar-refractivity contribution in [2.24, 2.45) is 0 Å². The third kappa shape index (κ3) is 6.00. The zero-order valence-corrected chi connectivity index (χ0v) is 21.4. The first-order valence-electron chi connectivity index (χ1n) is 13.2. The average molecular weight is 496 g/mol. The molecule has 1 aliphatic heterocycles. The summed E-state index contributed by atoms with van der Waals surface area (Å²) in [6.45, 7) is 5.27. The number of nitrogens with zero attached hydrogens (tertiary/aromatic N) is 1. The van der Waals surface area contributed by atoms with Gasteiger partial charge in [0.2, 0.25) is 0 Å². The van der Waals surface area contributed by atoms with Gasteiger partial charge in [0.05, 0.1) is 0 Å². The topological polar surface area (TPSA) is 55.8 Å². The molecule has 1 aliphatic carbocycles. The zero-order valence-electron chi connectivity index (χ0n) is 21.4. The number of carbonyl (C=O) groups is 2. The van der Waals surface area contributed by atoms with Crippen LogP contribution in [-0.2, 0) is 11.2 Å². The molecule has 190 valence electrons. The van der Waals surface area contributed by atoms with Crippen LogP contribution in [0.3, 0.4) is 0 Å². The quantitative estimate of drug-likeness (QED) is 0.211. The molecule has 0 saturated carbocycles. The van der Waals surface area contributed by atoms with Crippen molar-refractivity contribution in [3.63, 3.8) is 0 Å². The highest BCUT2D eigenvalue weighted by atomic mass is 16.5. The van der Waals surface area contributed by atoms with Crippen LogP contribution in [0.4, 0.5) is 0 Å². The number of fused-ring (bicyclic) bond motifs is 1. The summed E-state index contributed by atoms with van der Waals surface area (Å²) < 4.78 is 11.3. The number of carbonyl (C=O) groups excluding carboxylic acids is 2. The second-order valence-electron chi connectivity index (χ2n) is 9.74. The largest absolute Gasteiger partial charge is 0.492 e. The molecular weight excluding hydrogens is 462 g/mol. The normalized spacial score (nSPS) is 15.7. The maximum atomic E-state index is 14.0. The van der Waals surface area contributed by atoms with Crippen molar-refractivity contribution in [1.29, 1.82) is 0 Å². The maximum Gasteiger partial charge on any atom is 0.308 e. The van der Waals surface area contributed by atoms with Gasteiger partial charge in [-0.05, 0) is 97.4 Å². The minimum Gasteiger partial charge on any atom is -0.492 e. The van der Waals surface area contributed by atoms with E-state index in [1.807, 2.05) is 60.7 Å². The second kappa shape index (κ2) is 11.6. The Morgan fingerprint density at radius 3 is 2.41 bits per heavy atom. The van der Waals surface area contributed by atoms with Gasteiger partial charge in [-0.2, -0.15) is 0 Å². The molecule has 1 saturated heterocycles. The number of hydrogen-bond acceptors (Lipinski definition) is 5. The molecule has 0 aromatic heterocycles. The second-order valence-corrected chi connectivity index (χ2v) is 9.74. The molecule has 5 nitrogen and oxygen atoms in total. The van der Waals surface area contributed by atoms with Crippen molar-refractivity contribution in [2.75, 3.05) is 26.2 Å². The molecule has 0 atom stereocenters. The van der Waals surface area contributed by atoms with Gasteiger partial charge in [0.1, 0.15) is 18.1 Å². The Kier molecular flexibility index (Phi) is 7.81. The standard InChI is InChI=1S/C32H33NO4/c1-23(34)37-28-10-7-9-26(22-28)30-17-14-24-8-3-4-11-29(24)31(30)32(35)25-12-15-27(16-13-25)36-21-20-33-18-5-2-6-19-33/h3-4,7-13,15-16,22H,2,5-6,14,17-21H2,1H3. The molecule has 0 unspecified atom stereocenters. The van der Waals surface area contributed by atoms with Gasteiger partial charge >= 0.3 is 5.97 Å². The first-order valence-corrected chi connectivity index (χ1v) is 13.2. The van der Waals surface area contributed by atoms with Crippen molar-refractivity contribution < 1.29 is 19.1 Å². The van der Waals surface area contributed by atoms with Crippen molar-refractivity contribution in [3.8, 4) is 11.5 Å². The van der Waals surface area contributed by atoms with E-state index in [2.05, 4.69) is 11.0 Å². The Bertz CT molecular complexity index is 1300. The molecule has 5 heteroatoms. The SMILES string of the molecule is CC(=O)Oc1cccc(C2=C(C(=O)c3ccc(OCCN4CCCCC4)cc3)c3ccccc3CC2)c1. The predicted octanol–water partition coefficient (Wildman–Crippen LogP) is 6.22. The Balaban J connectivity index is 1.40. The number of allylic oxidation sites excluding steroid dienone is 2. The highest BCUT2D eigenvalue weighted by molar-refractivity contribution is 6.35. The molecule has 0 bridgehead atoms. The van der Waals surface area contributed by atoms with Gasteiger partial charge in [0, 0.05) is 24.6 Å². The lowest BCUT2D eigenvalue weighted by Gasteiger charge is -2.26. The summed E-state index contributed by atoms with van der Waals surface area (Å²) in [5, 5.41) is 0. The van der Waals surface area contributed by atoms with Crippen LogP contribution in [0.5, 0.6) is 11.5 Å². The summed E-state index contributed by atoms with van der Waals surface area (Å²) >= 11 is 0. The van der Waals surface area contributed by atoms with E-state index in [1.54, 1.807) is 6.07 Å². The van der Waals surface area contributed by atoms with E-state index in [-0.39, 0.29) is 11.8 Å². The molecule has 0 N–H and O–H groups in total. The Morgan fingerprint density at radius 1 is 0.838 bits per heavy atom. The van der Waals surface area contributed by atoms with E-state index in [4.69, 9.17) is 9.47 Å². The van der Waals surface area contributed by atoms with Crippen molar-refractivity contribution in [1.82, 2.24) is 4.90 Å². The minimum atomic E-state index is -0.366. The molecule has 1 heterocycles. The highest BCUT2D eigenvalue weighted by Crippen LogP contribution is 2.39. The van der Waals surface area contributed by atoms with Gasteiger partial charge < -0.3 is 9.47 Å². The molecule has 3 aromatic rings. The van der Waals surface area contributed by atoms with Gasteiger partial charge in [-0.1, -0.05) is 42.8 Å². The number of ketones is 1. The van der Waals surface area contributed by atoms with Gasteiger partial charge in [-0.25, -0.2) is 0 Å². The molecule has 2 aliphatic rings. The van der Waals surface area contributed by atoms with E-state index in [1.165, 1.54) is 31.7 Å². The third-order valence-corrected chi connectivity index (χ3v) is 7.15. The number of rotatable bonds is 8. The van der Waals surface area contributed by atoms with Gasteiger partial charge in [-0.3, -0.25) is 14.5 Å². The molecule has 5 rings (SSSR count). The van der Waals surface area contributed by atoms with Crippen LogP contribution in [-0.4, -0.2) is 42.9 Å². The summed E-state index contributed by atoms with van der Waals surface area (Å²) in [5.41, 5.74) is 5.34. The van der Waals surface area contributed by atoms with Crippen LogP contribution in [0.2, 0.25) is 0 Å². The van der Waals surface area contributed by atoms with E-state index in [0.717, 1.165) is 54.9 Å². The number of hydrogen-bond donors (Lipinski definition) is 0. The van der Waals surface area contributed by atoms with Gasteiger partial charge in [0.15, 0.2) is 5.78 Å². The number of likely N-dealkylation sites (tertiary alicyclic amines) is 1. The Morgan fingerprint density at radius 2 is 1.62 bits per heavy atom. The number of Topliss-reactive ketones (excluding diaryl/α,β-unsaturated/α-hetero) is 1. The van der Waals surface area contributed by atoms with Crippen molar-refractivity contribution in [3.05, 3.63) is 95.1 Å². The maximum absolute atomic E-state index is 14.0. The van der Waals surface area contributed by atoms with E-state index in [9.17, 15) is 9.59 Å². The van der Waals surface area contributed by atoms with Gasteiger partial charge in [-0.15, -0.1) is 0 Å². The molecule has 37 heavy (non-hydrogen) atoms. The van der Waals surface area contributed by atoms with E-state index in [0.29, 0.717) is 23.5 Å². The minimum absolute atomic E-state index is 0.0140. The zero-order chi connectivity index (χ0) is 25.6. The third-order valence-electron chi connectivity index (χ3n) is 7.15. The van der Waals surface area contributed by atoms with Crippen LogP contribution in [0.25, 0.3) is 11.1 Å². The van der Waals surface area contributed by atoms with Crippen molar-refractivity contribution >= 4 is 22.9 Å². The number of ether oxygens (including phenoxy) is 2. The highest BCUT2D eigenvalue weighted by Gasteiger charge is 2.26. The molecule has 0 spiro atoms. The van der Waals surface area contributed by atoms with Crippen LogP contribution >= 0.6 is 0 Å². The summed E-state index contributed by atoms with van der Waals surface area (Å²) in [4.78, 5) is 27.9. The number of esters is 1. The van der Waals surface area contributed by atoms with Gasteiger partial charge in [0.25, 0.3) is 0 Å². The van der Waals surface area contributed by atoms with Crippen molar-refractivity contribution in [2.45, 2.75) is 39.0 Å². The Labute approximate surface area is 218 Å². The Hall–Kier alpha value is -3.70. The fourth-order valence-corrected chi connectivity index (χ4v) is 5.31. The molecular formula is C32H33NO4. The monoisotopic (exact) mass is 495 g/mol. The first-order chi connectivity index (χ1) is 18.1. The van der Waals surface area contributed by atoms with Crippen LogP contribution < -0.4 is 9.47 Å². The predicted molar refractivity (Wildman–Crippen MR) is 146 cm³/mol. The first kappa shape index (κ1) is 25.0. The lowest BCUT2D eigenvalue weighted by Crippen LogP contribution is -2.33. The van der Waals surface area contributed by atoms with E-state index >= 15 is 0 Å². The number of aryl methyl sites for hydroxylation is 1. The molecule has 0 amide bonds. The average Bonchev–Trinajstić information content (AvgIpc) is 2.93. The van der Waals surface area contributed by atoms with Crippen LogP contribution in [0, 0.1) is 0 Å². The molecule has 0 radical (unpaired) electrons. The summed E-state index contributed by atoms with van der Waals surface area (Å²) in [7, 11) is 0. The van der Waals surface area contributed by atoms with E-state index < -0.39 is 0 Å². The summed E-state index contributed by atoms with van der Waals surface area (Å²) in [5.74, 6) is 0.879. The number of piperidine rings is 1.